The number of nitrogens with zero attached hydrogens (tertiary/aromatic N) is 1. The minimum atomic E-state index is -1.22. The lowest BCUT2D eigenvalue weighted by Crippen LogP contribution is -2.43. The van der Waals surface area contributed by atoms with E-state index in [2.05, 4.69) is 5.32 Å². The molecule has 1 unspecified atom stereocenters. The molecule has 1 atom stereocenters. The van der Waals surface area contributed by atoms with Gasteiger partial charge in [-0.1, -0.05) is 11.6 Å². The number of nitrogens with one attached hydrogen (secondary N) is 1. The molecule has 8 heteroatoms. The molecule has 1 saturated heterocycles. The predicted molar refractivity (Wildman–Crippen MR) is 86.3 cm³/mol. The molecule has 6 nitrogen and oxygen atoms in total. The molecule has 0 aliphatic carbocycles. The molecule has 130 valence electrons. The third-order valence-corrected chi connectivity index (χ3v) is 4.24. The largest absolute Gasteiger partial charge is 0.481 e. The summed E-state index contributed by atoms with van der Waals surface area (Å²) in [7, 11) is 0. The number of anilines is 1. The summed E-state index contributed by atoms with van der Waals surface area (Å²) in [5, 5.41) is 11.6. The molecule has 2 N–H and O–H groups in total. The number of carbonyl (C=O) groups is 3. The second kappa shape index (κ2) is 6.76. The number of hydrogen-bond donors (Lipinski definition) is 2. The van der Waals surface area contributed by atoms with E-state index < -0.39 is 29.2 Å². The zero-order chi connectivity index (χ0) is 18.1. The Morgan fingerprint density at radius 1 is 1.46 bits per heavy atom. The average molecular weight is 357 g/mol. The summed E-state index contributed by atoms with van der Waals surface area (Å²) in [6.45, 7) is 3.20. The Bertz CT molecular complexity index is 693. The molecule has 1 aliphatic rings. The van der Waals surface area contributed by atoms with Crippen molar-refractivity contribution in [2.75, 3.05) is 11.4 Å². The summed E-state index contributed by atoms with van der Waals surface area (Å²) < 4.78 is 13.5. The number of carboxylic acid groups (broad SMARTS) is 1. The monoisotopic (exact) mass is 356 g/mol. The third-order valence-electron chi connectivity index (χ3n) is 3.94. The van der Waals surface area contributed by atoms with E-state index in [0.717, 1.165) is 6.07 Å². The van der Waals surface area contributed by atoms with Crippen molar-refractivity contribution in [1.82, 2.24) is 5.32 Å². The van der Waals surface area contributed by atoms with Crippen LogP contribution in [-0.4, -0.2) is 35.5 Å². The molecular weight excluding hydrogens is 339 g/mol. The maximum absolute atomic E-state index is 13.5. The number of amides is 2. The maximum atomic E-state index is 13.5. The molecule has 0 spiro atoms. The van der Waals surface area contributed by atoms with Crippen molar-refractivity contribution in [3.05, 3.63) is 29.0 Å². The Morgan fingerprint density at radius 3 is 2.71 bits per heavy atom. The molecule has 2 amide bonds. The van der Waals surface area contributed by atoms with Crippen LogP contribution in [0.25, 0.3) is 0 Å². The van der Waals surface area contributed by atoms with Crippen LogP contribution < -0.4 is 10.2 Å². The summed E-state index contributed by atoms with van der Waals surface area (Å²) in [4.78, 5) is 36.8. The van der Waals surface area contributed by atoms with E-state index in [0.29, 0.717) is 18.7 Å². The minimum Gasteiger partial charge on any atom is -0.481 e. The predicted octanol–water partition coefficient (Wildman–Crippen LogP) is 2.20. The number of benzene rings is 1. The van der Waals surface area contributed by atoms with Crippen LogP contribution in [0.3, 0.4) is 0 Å². The molecule has 2 rings (SSSR count). The number of carboxylic acids is 1. The quantitative estimate of drug-likeness (QED) is 0.846. The van der Waals surface area contributed by atoms with Crippen molar-refractivity contribution in [1.29, 1.82) is 0 Å². The molecule has 1 aromatic carbocycles. The lowest BCUT2D eigenvalue weighted by molar-refractivity contribution is -0.149. The zero-order valence-corrected chi connectivity index (χ0v) is 14.1. The van der Waals surface area contributed by atoms with Gasteiger partial charge in [-0.25, -0.2) is 4.39 Å². The second-order valence-corrected chi connectivity index (χ2v) is 6.77. The first-order valence-electron chi connectivity index (χ1n) is 7.41. The van der Waals surface area contributed by atoms with Gasteiger partial charge < -0.3 is 15.3 Å². The van der Waals surface area contributed by atoms with Crippen molar-refractivity contribution in [2.45, 2.75) is 32.7 Å². The highest BCUT2D eigenvalue weighted by molar-refractivity contribution is 6.30. The first kappa shape index (κ1) is 18.2. The van der Waals surface area contributed by atoms with Gasteiger partial charge in [0.25, 0.3) is 0 Å². The van der Waals surface area contributed by atoms with Gasteiger partial charge in [-0.2, -0.15) is 0 Å². The molecule has 0 bridgehead atoms. The number of carbonyl (C=O) groups excluding carboxylic acids is 2. The van der Waals surface area contributed by atoms with Gasteiger partial charge in [0.2, 0.25) is 11.8 Å². The Kier molecular flexibility index (Phi) is 5.13. The number of aliphatic carboxylic acids is 1. The Morgan fingerprint density at radius 2 is 2.12 bits per heavy atom. The van der Waals surface area contributed by atoms with Crippen LogP contribution in [-0.2, 0) is 14.4 Å². The lowest BCUT2D eigenvalue weighted by atomic mass is 9.89. The van der Waals surface area contributed by atoms with Crippen LogP contribution in [0.1, 0.15) is 26.7 Å². The summed E-state index contributed by atoms with van der Waals surface area (Å²) >= 11 is 5.62. The van der Waals surface area contributed by atoms with Crippen molar-refractivity contribution < 1.29 is 23.9 Å². The third kappa shape index (κ3) is 3.84. The van der Waals surface area contributed by atoms with Crippen LogP contribution in [0.2, 0.25) is 5.02 Å². The van der Waals surface area contributed by atoms with Crippen LogP contribution in [0.15, 0.2) is 18.2 Å². The van der Waals surface area contributed by atoms with Gasteiger partial charge >= 0.3 is 5.97 Å². The van der Waals surface area contributed by atoms with E-state index in [-0.39, 0.29) is 17.4 Å². The van der Waals surface area contributed by atoms with E-state index in [9.17, 15) is 18.8 Å². The summed E-state index contributed by atoms with van der Waals surface area (Å²) in [5.74, 6) is -2.59. The standard InChI is InChI=1S/C16H18ClFN2O4/c1-16(2,15(23)24)8-13(21)19-12-5-6-20(14(12)22)9-3-4-10(17)11(18)7-9/h3-4,7,12H,5-6,8H2,1-2H3,(H,19,21)(H,23,24). The Labute approximate surface area is 143 Å². The van der Waals surface area contributed by atoms with Crippen LogP contribution in [0.5, 0.6) is 0 Å². The average Bonchev–Trinajstić information content (AvgIpc) is 2.82. The fourth-order valence-electron chi connectivity index (χ4n) is 2.45. The zero-order valence-electron chi connectivity index (χ0n) is 13.3. The van der Waals surface area contributed by atoms with Gasteiger partial charge in [-0.3, -0.25) is 14.4 Å². The summed E-state index contributed by atoms with van der Waals surface area (Å²) in [6, 6.07) is 3.31. The minimum absolute atomic E-state index is 0.0360. The number of hydrogen-bond acceptors (Lipinski definition) is 3. The highest BCUT2D eigenvalue weighted by atomic mass is 35.5. The smallest absolute Gasteiger partial charge is 0.309 e. The summed E-state index contributed by atoms with van der Waals surface area (Å²) in [5.41, 5.74) is -0.852. The molecule has 1 heterocycles. The molecule has 1 aromatic rings. The Hall–Kier alpha value is -2.15. The van der Waals surface area contributed by atoms with Gasteiger partial charge in [0.1, 0.15) is 11.9 Å². The topological polar surface area (TPSA) is 86.7 Å². The second-order valence-electron chi connectivity index (χ2n) is 6.36. The molecule has 1 aliphatic heterocycles. The summed E-state index contributed by atoms with van der Waals surface area (Å²) in [6.07, 6.45) is 0.129. The molecule has 24 heavy (non-hydrogen) atoms. The van der Waals surface area contributed by atoms with E-state index in [1.807, 2.05) is 0 Å². The van der Waals surface area contributed by atoms with Gasteiger partial charge in [0, 0.05) is 18.7 Å². The van der Waals surface area contributed by atoms with Crippen molar-refractivity contribution in [2.24, 2.45) is 5.41 Å². The highest BCUT2D eigenvalue weighted by Crippen LogP contribution is 2.26. The van der Waals surface area contributed by atoms with E-state index >= 15 is 0 Å². The molecule has 1 fully saturated rings. The van der Waals surface area contributed by atoms with Crippen molar-refractivity contribution in [3.63, 3.8) is 0 Å². The normalized spacial score (nSPS) is 17.9. The fraction of sp³-hybridized carbons (Fsp3) is 0.438. The SMILES string of the molecule is CC(C)(CC(=O)NC1CCN(c2ccc(Cl)c(F)c2)C1=O)C(=O)O. The van der Waals surface area contributed by atoms with E-state index in [4.69, 9.17) is 16.7 Å². The van der Waals surface area contributed by atoms with Crippen LogP contribution >= 0.6 is 11.6 Å². The highest BCUT2D eigenvalue weighted by Gasteiger charge is 2.36. The van der Waals surface area contributed by atoms with Gasteiger partial charge in [0.05, 0.1) is 10.4 Å². The fourth-order valence-corrected chi connectivity index (χ4v) is 2.56. The Balaban J connectivity index is 2.02. The molecule has 0 saturated carbocycles. The van der Waals surface area contributed by atoms with Gasteiger partial charge in [-0.05, 0) is 38.5 Å². The van der Waals surface area contributed by atoms with Crippen molar-refractivity contribution in [3.8, 4) is 0 Å². The van der Waals surface area contributed by atoms with E-state index in [1.165, 1.54) is 30.9 Å². The number of halogens is 2. The van der Waals surface area contributed by atoms with Gasteiger partial charge in [-0.15, -0.1) is 0 Å². The first-order chi connectivity index (χ1) is 11.1. The van der Waals surface area contributed by atoms with E-state index in [1.54, 1.807) is 0 Å². The molecular formula is C16H18ClFN2O4. The number of rotatable bonds is 5. The molecule has 0 radical (unpaired) electrons. The molecule has 0 aromatic heterocycles. The van der Waals surface area contributed by atoms with Crippen molar-refractivity contribution >= 4 is 35.1 Å². The first-order valence-corrected chi connectivity index (χ1v) is 7.79. The van der Waals surface area contributed by atoms with Crippen LogP contribution in [0, 0.1) is 11.2 Å². The maximum Gasteiger partial charge on any atom is 0.309 e. The van der Waals surface area contributed by atoms with Crippen LogP contribution in [0.4, 0.5) is 10.1 Å². The lowest BCUT2D eigenvalue weighted by Gasteiger charge is -2.20. The van der Waals surface area contributed by atoms with Gasteiger partial charge in [0.15, 0.2) is 0 Å².